The first-order valence-electron chi connectivity index (χ1n) is 4.12. The normalized spacial score (nSPS) is 28.4. The van der Waals surface area contributed by atoms with E-state index in [-0.39, 0.29) is 11.3 Å². The van der Waals surface area contributed by atoms with E-state index in [9.17, 15) is 4.79 Å². The molecule has 0 bridgehead atoms. The first-order chi connectivity index (χ1) is 5.77. The molecule has 1 aliphatic carbocycles. The first-order valence-corrected chi connectivity index (χ1v) is 4.56. The van der Waals surface area contributed by atoms with Gasteiger partial charge in [-0.15, -0.1) is 0 Å². The van der Waals surface area contributed by atoms with E-state index in [1.54, 1.807) is 0 Å². The van der Waals surface area contributed by atoms with Crippen molar-refractivity contribution in [3.8, 4) is 0 Å². The highest BCUT2D eigenvalue weighted by Crippen LogP contribution is 2.24. The minimum atomic E-state index is -0.144. The smallest absolute Gasteiger partial charge is 0.164 e. The molecule has 2 nitrogen and oxygen atoms in total. The van der Waals surface area contributed by atoms with Crippen LogP contribution >= 0.6 is 11.6 Å². The molecule has 1 atom stereocenters. The number of rotatable bonds is 0. The van der Waals surface area contributed by atoms with Gasteiger partial charge in [0.1, 0.15) is 5.50 Å². The number of carbonyl (C=O) groups excluding carboxylic acids is 1. The Kier molecular flexibility index (Phi) is 1.93. The summed E-state index contributed by atoms with van der Waals surface area (Å²) in [5.74, 6) is 0.239. The fraction of sp³-hybridized carbons (Fsp3) is 0.444. The number of carbonyl (C=O) groups is 1. The zero-order valence-electron chi connectivity index (χ0n) is 6.64. The van der Waals surface area contributed by atoms with E-state index in [1.807, 2.05) is 12.2 Å². The van der Waals surface area contributed by atoms with E-state index in [1.165, 1.54) is 0 Å². The number of ketones is 1. The molecule has 3 heteroatoms. The number of hydrogen-bond acceptors (Lipinski definition) is 2. The minimum absolute atomic E-state index is 0.144. The van der Waals surface area contributed by atoms with Crippen LogP contribution in [0.25, 0.3) is 0 Å². The predicted octanol–water partition coefficient (Wildman–Crippen LogP) is 1.72. The second-order valence-corrected chi connectivity index (χ2v) is 3.54. The van der Waals surface area contributed by atoms with E-state index >= 15 is 0 Å². The van der Waals surface area contributed by atoms with Gasteiger partial charge in [-0.25, -0.2) is 0 Å². The molecular formula is C9H10ClNO. The van der Waals surface area contributed by atoms with Gasteiger partial charge in [0.2, 0.25) is 0 Å². The fourth-order valence-corrected chi connectivity index (χ4v) is 1.81. The van der Waals surface area contributed by atoms with Crippen molar-refractivity contribution >= 4 is 17.4 Å². The van der Waals surface area contributed by atoms with Crippen molar-refractivity contribution in [2.75, 3.05) is 0 Å². The highest BCUT2D eigenvalue weighted by atomic mass is 35.5. The van der Waals surface area contributed by atoms with Crippen LogP contribution in [0, 0.1) is 0 Å². The van der Waals surface area contributed by atoms with Gasteiger partial charge >= 0.3 is 0 Å². The Balaban J connectivity index is 2.31. The average molecular weight is 184 g/mol. The standard InChI is InChI=1S/C9H10ClNO/c10-9-5-4-6-7(11-9)2-1-3-8(6)12/h4-5,9,11H,1-3H2. The Morgan fingerprint density at radius 3 is 3.17 bits per heavy atom. The lowest BCUT2D eigenvalue weighted by molar-refractivity contribution is -0.115. The molecule has 0 amide bonds. The maximum Gasteiger partial charge on any atom is 0.164 e. The highest BCUT2D eigenvalue weighted by molar-refractivity contribution is 6.22. The van der Waals surface area contributed by atoms with E-state index in [0.29, 0.717) is 6.42 Å². The number of nitrogens with one attached hydrogen (secondary N) is 1. The van der Waals surface area contributed by atoms with Crippen molar-refractivity contribution < 1.29 is 4.79 Å². The number of allylic oxidation sites excluding steroid dienone is 3. The summed E-state index contributed by atoms with van der Waals surface area (Å²) in [6.45, 7) is 0. The Labute approximate surface area is 76.3 Å². The summed E-state index contributed by atoms with van der Waals surface area (Å²) in [7, 11) is 0. The van der Waals surface area contributed by atoms with Gasteiger partial charge in [-0.3, -0.25) is 4.79 Å². The largest absolute Gasteiger partial charge is 0.369 e. The van der Waals surface area contributed by atoms with Gasteiger partial charge in [0, 0.05) is 17.7 Å². The zero-order valence-corrected chi connectivity index (χ0v) is 7.40. The number of Topliss-reactive ketones (excluding diaryl/α,β-unsaturated/α-hetero) is 1. The number of hydrogen-bond donors (Lipinski definition) is 1. The molecular weight excluding hydrogens is 174 g/mol. The van der Waals surface area contributed by atoms with Crippen molar-refractivity contribution in [2.45, 2.75) is 24.8 Å². The van der Waals surface area contributed by atoms with Crippen LogP contribution in [0.2, 0.25) is 0 Å². The van der Waals surface area contributed by atoms with Crippen LogP contribution in [0.4, 0.5) is 0 Å². The minimum Gasteiger partial charge on any atom is -0.369 e. The Morgan fingerprint density at radius 2 is 2.33 bits per heavy atom. The second-order valence-electron chi connectivity index (χ2n) is 3.07. The molecule has 1 aliphatic heterocycles. The third-order valence-corrected chi connectivity index (χ3v) is 2.45. The zero-order chi connectivity index (χ0) is 8.55. The van der Waals surface area contributed by atoms with Crippen LogP contribution in [0.15, 0.2) is 23.4 Å². The van der Waals surface area contributed by atoms with Crippen molar-refractivity contribution in [3.05, 3.63) is 23.4 Å². The quantitative estimate of drug-likeness (QED) is 0.458. The molecule has 0 radical (unpaired) electrons. The summed E-state index contributed by atoms with van der Waals surface area (Å²) in [6.07, 6.45) is 6.23. The Bertz CT molecular complexity index is 280. The summed E-state index contributed by atoms with van der Waals surface area (Å²) in [6, 6.07) is 0. The lowest BCUT2D eigenvalue weighted by atomic mass is 9.93. The van der Waals surface area contributed by atoms with Gasteiger partial charge in [0.25, 0.3) is 0 Å². The van der Waals surface area contributed by atoms with Gasteiger partial charge in [-0.1, -0.05) is 17.7 Å². The molecule has 1 N–H and O–H groups in total. The molecule has 0 aromatic carbocycles. The molecule has 64 valence electrons. The summed E-state index contributed by atoms with van der Waals surface area (Å²) >= 11 is 5.84. The van der Waals surface area contributed by atoms with Crippen molar-refractivity contribution in [2.24, 2.45) is 0 Å². The lowest BCUT2D eigenvalue weighted by Gasteiger charge is -2.24. The Morgan fingerprint density at radius 1 is 1.50 bits per heavy atom. The molecule has 0 spiro atoms. The monoisotopic (exact) mass is 183 g/mol. The topological polar surface area (TPSA) is 29.1 Å². The molecule has 12 heavy (non-hydrogen) atoms. The van der Waals surface area contributed by atoms with Crippen LogP contribution in [-0.4, -0.2) is 11.3 Å². The third-order valence-electron chi connectivity index (χ3n) is 2.20. The molecule has 0 fully saturated rings. The van der Waals surface area contributed by atoms with E-state index < -0.39 is 0 Å². The van der Waals surface area contributed by atoms with Crippen LogP contribution in [-0.2, 0) is 4.79 Å². The highest BCUT2D eigenvalue weighted by Gasteiger charge is 2.22. The second kappa shape index (κ2) is 2.94. The number of halogens is 1. The molecule has 0 saturated carbocycles. The maximum atomic E-state index is 11.3. The van der Waals surface area contributed by atoms with Crippen LogP contribution in [0.3, 0.4) is 0 Å². The molecule has 0 saturated heterocycles. The first kappa shape index (κ1) is 7.87. The number of alkyl halides is 1. The van der Waals surface area contributed by atoms with Gasteiger partial charge < -0.3 is 5.32 Å². The van der Waals surface area contributed by atoms with Crippen molar-refractivity contribution in [3.63, 3.8) is 0 Å². The van der Waals surface area contributed by atoms with Crippen LogP contribution < -0.4 is 5.32 Å². The summed E-state index contributed by atoms with van der Waals surface area (Å²) in [5.41, 5.74) is 1.71. The van der Waals surface area contributed by atoms with Crippen LogP contribution in [0.5, 0.6) is 0 Å². The van der Waals surface area contributed by atoms with Crippen molar-refractivity contribution in [1.29, 1.82) is 0 Å². The van der Waals surface area contributed by atoms with Crippen molar-refractivity contribution in [1.82, 2.24) is 5.32 Å². The number of dihydropyridines is 1. The predicted molar refractivity (Wildman–Crippen MR) is 47.8 cm³/mol. The average Bonchev–Trinajstić information content (AvgIpc) is 2.04. The fourth-order valence-electron chi connectivity index (χ4n) is 1.60. The van der Waals surface area contributed by atoms with Gasteiger partial charge in [-0.05, 0) is 18.9 Å². The SMILES string of the molecule is O=C1CCCC2=C1C=CC(Cl)N2. The summed E-state index contributed by atoms with van der Waals surface area (Å²) in [5, 5.41) is 3.09. The lowest BCUT2D eigenvalue weighted by Crippen LogP contribution is -2.29. The molecule has 0 aromatic rings. The van der Waals surface area contributed by atoms with Gasteiger partial charge in [-0.2, -0.15) is 0 Å². The molecule has 0 aromatic heterocycles. The third kappa shape index (κ3) is 1.27. The van der Waals surface area contributed by atoms with Gasteiger partial charge in [0.15, 0.2) is 5.78 Å². The van der Waals surface area contributed by atoms with E-state index in [2.05, 4.69) is 5.32 Å². The Hall–Kier alpha value is -0.760. The maximum absolute atomic E-state index is 11.3. The van der Waals surface area contributed by atoms with E-state index in [4.69, 9.17) is 11.6 Å². The molecule has 1 unspecified atom stereocenters. The summed E-state index contributed by atoms with van der Waals surface area (Å²) < 4.78 is 0. The molecule has 1 heterocycles. The van der Waals surface area contributed by atoms with E-state index in [0.717, 1.165) is 24.1 Å². The molecule has 2 rings (SSSR count). The van der Waals surface area contributed by atoms with Crippen LogP contribution in [0.1, 0.15) is 19.3 Å². The van der Waals surface area contributed by atoms with Gasteiger partial charge in [0.05, 0.1) is 0 Å². The molecule has 2 aliphatic rings. The summed E-state index contributed by atoms with van der Waals surface area (Å²) in [4.78, 5) is 11.3.